The molecule has 1 fully saturated rings. The van der Waals surface area contributed by atoms with E-state index in [2.05, 4.69) is 29.2 Å². The maximum absolute atomic E-state index is 4.89. The monoisotopic (exact) mass is 308 g/mol. The number of hydrogen-bond donors (Lipinski definition) is 1. The lowest BCUT2D eigenvalue weighted by Gasteiger charge is -2.14. The summed E-state index contributed by atoms with van der Waals surface area (Å²) in [6, 6.07) is 0. The van der Waals surface area contributed by atoms with Crippen LogP contribution < -0.4 is 10.2 Å². The predicted octanol–water partition coefficient (Wildman–Crippen LogP) is 3.14. The highest BCUT2D eigenvalue weighted by Crippen LogP contribution is 2.44. The average molecular weight is 308 g/mol. The summed E-state index contributed by atoms with van der Waals surface area (Å²) < 4.78 is 0. The van der Waals surface area contributed by atoms with Crippen molar-refractivity contribution in [1.82, 2.24) is 15.3 Å². The van der Waals surface area contributed by atoms with Gasteiger partial charge in [0, 0.05) is 29.3 Å². The molecule has 1 aliphatic carbocycles. The lowest BCUT2D eigenvalue weighted by atomic mass is 10.2. The topological polar surface area (TPSA) is 41.0 Å². The summed E-state index contributed by atoms with van der Waals surface area (Å²) in [6.07, 6.45) is 2.61. The van der Waals surface area contributed by atoms with E-state index in [0.717, 1.165) is 23.9 Å². The SMILES string of the molecule is CNCc1sc(N(C)Cc2scnc2C)nc1C1CC1. The molecule has 0 saturated heterocycles. The summed E-state index contributed by atoms with van der Waals surface area (Å²) in [5.74, 6) is 0.710. The molecule has 2 aromatic rings. The molecule has 20 heavy (non-hydrogen) atoms. The number of rotatable bonds is 6. The van der Waals surface area contributed by atoms with Crippen molar-refractivity contribution in [2.45, 2.75) is 38.8 Å². The van der Waals surface area contributed by atoms with E-state index in [1.165, 1.54) is 28.3 Å². The Kier molecular flexibility index (Phi) is 4.05. The highest BCUT2D eigenvalue weighted by atomic mass is 32.1. The number of thiazole rings is 2. The second-order valence-corrected chi connectivity index (χ2v) is 7.33. The van der Waals surface area contributed by atoms with Gasteiger partial charge in [-0.05, 0) is 26.8 Å². The van der Waals surface area contributed by atoms with Crippen LogP contribution >= 0.6 is 22.7 Å². The number of aromatic nitrogens is 2. The van der Waals surface area contributed by atoms with Gasteiger partial charge in [-0.15, -0.1) is 22.7 Å². The van der Waals surface area contributed by atoms with Crippen molar-refractivity contribution in [1.29, 1.82) is 0 Å². The minimum absolute atomic E-state index is 0.710. The summed E-state index contributed by atoms with van der Waals surface area (Å²) in [4.78, 5) is 14.2. The van der Waals surface area contributed by atoms with E-state index >= 15 is 0 Å². The average Bonchev–Trinajstić information content (AvgIpc) is 3.07. The molecule has 0 radical (unpaired) electrons. The number of nitrogens with zero attached hydrogens (tertiary/aromatic N) is 3. The van der Waals surface area contributed by atoms with Gasteiger partial charge >= 0.3 is 0 Å². The molecular weight excluding hydrogens is 288 g/mol. The van der Waals surface area contributed by atoms with E-state index in [1.807, 2.05) is 23.9 Å². The summed E-state index contributed by atoms with van der Waals surface area (Å²) in [7, 11) is 4.12. The van der Waals surface area contributed by atoms with Gasteiger partial charge in [-0.2, -0.15) is 0 Å². The quantitative estimate of drug-likeness (QED) is 0.890. The summed E-state index contributed by atoms with van der Waals surface area (Å²) in [5, 5.41) is 4.39. The second-order valence-electron chi connectivity index (χ2n) is 5.33. The maximum Gasteiger partial charge on any atom is 0.185 e. The summed E-state index contributed by atoms with van der Waals surface area (Å²) >= 11 is 3.55. The lowest BCUT2D eigenvalue weighted by molar-refractivity contribution is 0.811. The lowest BCUT2D eigenvalue weighted by Crippen LogP contribution is -2.15. The Morgan fingerprint density at radius 3 is 2.80 bits per heavy atom. The Labute approximate surface area is 127 Å². The highest BCUT2D eigenvalue weighted by molar-refractivity contribution is 7.15. The molecule has 0 bridgehead atoms. The zero-order chi connectivity index (χ0) is 14.1. The van der Waals surface area contributed by atoms with Gasteiger partial charge in [0.2, 0.25) is 0 Å². The van der Waals surface area contributed by atoms with E-state index in [-0.39, 0.29) is 0 Å². The van der Waals surface area contributed by atoms with Gasteiger partial charge in [-0.3, -0.25) is 0 Å². The highest BCUT2D eigenvalue weighted by Gasteiger charge is 2.30. The molecule has 2 aromatic heterocycles. The minimum atomic E-state index is 0.710. The van der Waals surface area contributed by atoms with Crippen LogP contribution in [0.3, 0.4) is 0 Å². The molecule has 6 heteroatoms. The number of hydrogen-bond acceptors (Lipinski definition) is 6. The van der Waals surface area contributed by atoms with E-state index in [1.54, 1.807) is 11.3 Å². The van der Waals surface area contributed by atoms with Crippen LogP contribution in [0.4, 0.5) is 5.13 Å². The van der Waals surface area contributed by atoms with Crippen molar-refractivity contribution < 1.29 is 0 Å². The molecule has 0 aliphatic heterocycles. The third-order valence-corrected chi connectivity index (χ3v) is 5.68. The maximum atomic E-state index is 4.89. The van der Waals surface area contributed by atoms with Crippen LogP contribution in [0, 0.1) is 6.92 Å². The van der Waals surface area contributed by atoms with E-state index < -0.39 is 0 Å². The van der Waals surface area contributed by atoms with Crippen LogP contribution in [0.25, 0.3) is 0 Å². The molecule has 1 N–H and O–H groups in total. The Morgan fingerprint density at radius 2 is 2.20 bits per heavy atom. The zero-order valence-corrected chi connectivity index (χ0v) is 13.8. The fourth-order valence-corrected chi connectivity index (χ4v) is 4.19. The first-order valence-electron chi connectivity index (χ1n) is 6.93. The number of aryl methyl sites for hydroxylation is 1. The second kappa shape index (κ2) is 5.79. The molecule has 0 amide bonds. The third-order valence-electron chi connectivity index (χ3n) is 3.57. The van der Waals surface area contributed by atoms with Gasteiger partial charge in [0.05, 0.1) is 23.4 Å². The van der Waals surface area contributed by atoms with Gasteiger partial charge in [0.15, 0.2) is 5.13 Å². The van der Waals surface area contributed by atoms with Crippen molar-refractivity contribution in [2.75, 3.05) is 19.0 Å². The molecule has 0 spiro atoms. The Hall–Kier alpha value is -0.980. The number of nitrogens with one attached hydrogen (secondary N) is 1. The van der Waals surface area contributed by atoms with Crippen LogP contribution in [0.5, 0.6) is 0 Å². The van der Waals surface area contributed by atoms with Gasteiger partial charge in [0.1, 0.15) is 0 Å². The Bertz CT molecular complexity index is 586. The molecule has 108 valence electrons. The Balaban J connectivity index is 1.78. The van der Waals surface area contributed by atoms with E-state index in [0.29, 0.717) is 5.92 Å². The van der Waals surface area contributed by atoms with Crippen LogP contribution in [0.15, 0.2) is 5.51 Å². The van der Waals surface area contributed by atoms with Gasteiger partial charge in [-0.1, -0.05) is 0 Å². The van der Waals surface area contributed by atoms with Crippen LogP contribution in [-0.4, -0.2) is 24.1 Å². The van der Waals surface area contributed by atoms with Crippen molar-refractivity contribution in [3.05, 3.63) is 26.7 Å². The van der Waals surface area contributed by atoms with Gasteiger partial charge in [-0.25, -0.2) is 9.97 Å². The van der Waals surface area contributed by atoms with Crippen LogP contribution in [0.1, 0.15) is 39.9 Å². The van der Waals surface area contributed by atoms with Gasteiger partial charge in [0.25, 0.3) is 0 Å². The molecule has 4 nitrogen and oxygen atoms in total. The molecule has 1 saturated carbocycles. The first-order valence-corrected chi connectivity index (χ1v) is 8.63. The summed E-state index contributed by atoms with van der Waals surface area (Å²) in [6.45, 7) is 3.90. The van der Waals surface area contributed by atoms with Gasteiger partial charge < -0.3 is 10.2 Å². The molecule has 3 rings (SSSR count). The van der Waals surface area contributed by atoms with E-state index in [9.17, 15) is 0 Å². The zero-order valence-electron chi connectivity index (χ0n) is 12.1. The van der Waals surface area contributed by atoms with Crippen molar-refractivity contribution in [2.24, 2.45) is 0 Å². The third kappa shape index (κ3) is 2.87. The molecular formula is C14H20N4S2. The molecule has 0 unspecified atom stereocenters. The smallest absolute Gasteiger partial charge is 0.185 e. The molecule has 0 aromatic carbocycles. The van der Waals surface area contributed by atoms with Crippen LogP contribution in [0.2, 0.25) is 0 Å². The minimum Gasteiger partial charge on any atom is -0.346 e. The molecule has 2 heterocycles. The standard InChI is InChI=1S/C14H20N4S2/c1-9-12(19-8-16-9)7-18(3)14-17-13(10-4-5-10)11(20-14)6-15-2/h8,10,15H,4-7H2,1-3H3. The molecule has 0 atom stereocenters. The predicted molar refractivity (Wildman–Crippen MR) is 85.8 cm³/mol. The van der Waals surface area contributed by atoms with Crippen molar-refractivity contribution in [3.8, 4) is 0 Å². The Morgan fingerprint density at radius 1 is 1.40 bits per heavy atom. The fourth-order valence-electron chi connectivity index (χ4n) is 2.24. The normalized spacial score (nSPS) is 14.8. The largest absolute Gasteiger partial charge is 0.346 e. The van der Waals surface area contributed by atoms with E-state index in [4.69, 9.17) is 4.98 Å². The summed E-state index contributed by atoms with van der Waals surface area (Å²) in [5.41, 5.74) is 4.38. The van der Waals surface area contributed by atoms with Crippen LogP contribution in [-0.2, 0) is 13.1 Å². The fraction of sp³-hybridized carbons (Fsp3) is 0.571. The number of anilines is 1. The first-order chi connectivity index (χ1) is 9.69. The molecule has 1 aliphatic rings. The first kappa shape index (κ1) is 14.0. The van der Waals surface area contributed by atoms with Crippen molar-refractivity contribution >= 4 is 27.8 Å². The van der Waals surface area contributed by atoms with Crippen molar-refractivity contribution in [3.63, 3.8) is 0 Å².